The second-order valence-electron chi connectivity index (χ2n) is 2.57. The summed E-state index contributed by atoms with van der Waals surface area (Å²) in [5, 5.41) is 17.4. The highest BCUT2D eigenvalue weighted by Crippen LogP contribution is 2.16. The molecule has 4 heteroatoms. The molecule has 0 saturated heterocycles. The third-order valence-corrected chi connectivity index (χ3v) is 2.50. The largest absolute Gasteiger partial charge is 0.479 e. The van der Waals surface area contributed by atoms with Gasteiger partial charge in [0.2, 0.25) is 0 Å². The van der Waals surface area contributed by atoms with Gasteiger partial charge in [0, 0.05) is 16.2 Å². The zero-order valence-corrected chi connectivity index (χ0v) is 7.47. The van der Waals surface area contributed by atoms with Crippen molar-refractivity contribution in [1.29, 1.82) is 0 Å². The van der Waals surface area contributed by atoms with Gasteiger partial charge in [0.25, 0.3) is 0 Å². The molecule has 12 heavy (non-hydrogen) atoms. The van der Waals surface area contributed by atoms with Gasteiger partial charge >= 0.3 is 5.97 Å². The minimum Gasteiger partial charge on any atom is -0.479 e. The Labute approximate surface area is 74.3 Å². The fourth-order valence-electron chi connectivity index (χ4n) is 0.873. The molecule has 1 rings (SSSR count). The number of aliphatic carboxylic acids is 1. The number of carboxylic acids is 1. The molecule has 1 aromatic rings. The minimum absolute atomic E-state index is 0.202. The average Bonchev–Trinajstić information content (AvgIpc) is 2.35. The Morgan fingerprint density at radius 3 is 2.75 bits per heavy atom. The Morgan fingerprint density at radius 2 is 2.33 bits per heavy atom. The van der Waals surface area contributed by atoms with Crippen molar-refractivity contribution in [2.24, 2.45) is 0 Å². The lowest BCUT2D eigenvalue weighted by Crippen LogP contribution is -2.21. The van der Waals surface area contributed by atoms with Crippen LogP contribution in [0.2, 0.25) is 0 Å². The van der Waals surface area contributed by atoms with Crippen molar-refractivity contribution in [3.63, 3.8) is 0 Å². The van der Waals surface area contributed by atoms with Crippen molar-refractivity contribution in [2.75, 3.05) is 0 Å². The van der Waals surface area contributed by atoms with Gasteiger partial charge in [-0.1, -0.05) is 0 Å². The molecule has 66 valence electrons. The van der Waals surface area contributed by atoms with Crippen LogP contribution in [0.5, 0.6) is 0 Å². The van der Waals surface area contributed by atoms with E-state index in [1.165, 1.54) is 11.3 Å². The molecule has 0 radical (unpaired) electrons. The quantitative estimate of drug-likeness (QED) is 0.741. The third-order valence-electron chi connectivity index (χ3n) is 1.48. The fraction of sp³-hybridized carbons (Fsp3) is 0.375. The number of rotatable bonds is 3. The molecule has 1 heterocycles. The second-order valence-corrected chi connectivity index (χ2v) is 3.94. The van der Waals surface area contributed by atoms with E-state index in [-0.39, 0.29) is 6.42 Å². The second kappa shape index (κ2) is 3.69. The summed E-state index contributed by atoms with van der Waals surface area (Å²) in [5.74, 6) is -1.17. The molecule has 0 aromatic carbocycles. The van der Waals surface area contributed by atoms with Crippen molar-refractivity contribution < 1.29 is 15.0 Å². The van der Waals surface area contributed by atoms with E-state index in [4.69, 9.17) is 10.2 Å². The van der Waals surface area contributed by atoms with Crippen LogP contribution in [0.25, 0.3) is 0 Å². The summed E-state index contributed by atoms with van der Waals surface area (Å²) in [6.07, 6.45) is -1.07. The first-order valence-electron chi connectivity index (χ1n) is 3.56. The predicted octanol–water partition coefficient (Wildman–Crippen LogP) is 1.04. The standard InChI is InChI=1S/C8H10O3S/c1-5-2-3-6(12-5)4-7(9)8(10)11/h2-3,7,9H,4H2,1H3,(H,10,11). The number of carboxylic acid groups (broad SMARTS) is 1. The summed E-state index contributed by atoms with van der Waals surface area (Å²) in [6, 6.07) is 3.75. The van der Waals surface area contributed by atoms with Gasteiger partial charge in [0.05, 0.1) is 0 Å². The summed E-state index contributed by atoms with van der Waals surface area (Å²) in [6.45, 7) is 1.95. The number of carbonyl (C=O) groups is 1. The summed E-state index contributed by atoms with van der Waals surface area (Å²) in [5.41, 5.74) is 0. The van der Waals surface area contributed by atoms with Crippen LogP contribution >= 0.6 is 11.3 Å². The minimum atomic E-state index is -1.27. The van der Waals surface area contributed by atoms with Gasteiger partial charge in [-0.25, -0.2) is 4.79 Å². The van der Waals surface area contributed by atoms with E-state index in [1.807, 2.05) is 19.1 Å². The highest BCUT2D eigenvalue weighted by atomic mass is 32.1. The van der Waals surface area contributed by atoms with Crippen LogP contribution in [0, 0.1) is 6.92 Å². The Hall–Kier alpha value is -0.870. The zero-order valence-electron chi connectivity index (χ0n) is 6.65. The van der Waals surface area contributed by atoms with Gasteiger partial charge in [0.15, 0.2) is 6.10 Å². The summed E-state index contributed by atoms with van der Waals surface area (Å²) in [4.78, 5) is 12.3. The Bertz CT molecular complexity index is 280. The number of aliphatic hydroxyl groups is 1. The molecule has 0 aliphatic carbocycles. The lowest BCUT2D eigenvalue weighted by Gasteiger charge is -2.01. The van der Waals surface area contributed by atoms with Gasteiger partial charge in [0.1, 0.15) is 0 Å². The number of aryl methyl sites for hydroxylation is 1. The number of thiophene rings is 1. The third kappa shape index (κ3) is 2.32. The maximum atomic E-state index is 10.3. The molecule has 0 amide bonds. The van der Waals surface area contributed by atoms with E-state index in [9.17, 15) is 4.79 Å². The Morgan fingerprint density at radius 1 is 1.67 bits per heavy atom. The van der Waals surface area contributed by atoms with Gasteiger partial charge in [-0.2, -0.15) is 0 Å². The molecule has 0 aliphatic rings. The van der Waals surface area contributed by atoms with Crippen LogP contribution in [-0.4, -0.2) is 22.3 Å². The zero-order chi connectivity index (χ0) is 9.14. The molecule has 0 saturated carbocycles. The highest BCUT2D eigenvalue weighted by Gasteiger charge is 2.14. The molecule has 1 aromatic heterocycles. The highest BCUT2D eigenvalue weighted by molar-refractivity contribution is 7.11. The van der Waals surface area contributed by atoms with E-state index >= 15 is 0 Å². The van der Waals surface area contributed by atoms with Crippen molar-refractivity contribution in [3.8, 4) is 0 Å². The molecule has 1 atom stereocenters. The molecule has 1 unspecified atom stereocenters. The average molecular weight is 186 g/mol. The number of hydrogen-bond donors (Lipinski definition) is 2. The molecular weight excluding hydrogens is 176 g/mol. The van der Waals surface area contributed by atoms with E-state index < -0.39 is 12.1 Å². The lowest BCUT2D eigenvalue weighted by atomic mass is 10.2. The number of hydrogen-bond acceptors (Lipinski definition) is 3. The van der Waals surface area contributed by atoms with Crippen LogP contribution in [0.15, 0.2) is 12.1 Å². The summed E-state index contributed by atoms with van der Waals surface area (Å²) >= 11 is 1.51. The Balaban J connectivity index is 2.58. The Kier molecular flexibility index (Phi) is 2.83. The van der Waals surface area contributed by atoms with Gasteiger partial charge in [-0.15, -0.1) is 11.3 Å². The first-order valence-corrected chi connectivity index (χ1v) is 4.37. The van der Waals surface area contributed by atoms with Gasteiger partial charge in [-0.3, -0.25) is 0 Å². The van der Waals surface area contributed by atoms with Gasteiger partial charge in [-0.05, 0) is 19.1 Å². The molecule has 0 bridgehead atoms. The normalized spacial score (nSPS) is 12.8. The van der Waals surface area contributed by atoms with Crippen LogP contribution < -0.4 is 0 Å². The van der Waals surface area contributed by atoms with Gasteiger partial charge < -0.3 is 10.2 Å². The smallest absolute Gasteiger partial charge is 0.332 e. The van der Waals surface area contributed by atoms with Crippen LogP contribution in [0.4, 0.5) is 0 Å². The maximum absolute atomic E-state index is 10.3. The van der Waals surface area contributed by atoms with Crippen LogP contribution in [0.3, 0.4) is 0 Å². The molecule has 0 spiro atoms. The van der Waals surface area contributed by atoms with Crippen molar-refractivity contribution >= 4 is 17.3 Å². The van der Waals surface area contributed by atoms with E-state index in [0.29, 0.717) is 0 Å². The topological polar surface area (TPSA) is 57.5 Å². The summed E-state index contributed by atoms with van der Waals surface area (Å²) in [7, 11) is 0. The van der Waals surface area contributed by atoms with Crippen LogP contribution in [0.1, 0.15) is 9.75 Å². The number of aliphatic hydroxyl groups excluding tert-OH is 1. The molecular formula is C8H10O3S. The first kappa shape index (κ1) is 9.22. The lowest BCUT2D eigenvalue weighted by molar-refractivity contribution is -0.146. The van der Waals surface area contributed by atoms with E-state index in [2.05, 4.69) is 0 Å². The van der Waals surface area contributed by atoms with E-state index in [1.54, 1.807) is 0 Å². The molecule has 0 aliphatic heterocycles. The molecule has 2 N–H and O–H groups in total. The molecule has 3 nitrogen and oxygen atoms in total. The van der Waals surface area contributed by atoms with Crippen molar-refractivity contribution in [1.82, 2.24) is 0 Å². The molecule has 0 fully saturated rings. The van der Waals surface area contributed by atoms with Crippen molar-refractivity contribution in [2.45, 2.75) is 19.4 Å². The van der Waals surface area contributed by atoms with Crippen LogP contribution in [-0.2, 0) is 11.2 Å². The maximum Gasteiger partial charge on any atom is 0.332 e. The van der Waals surface area contributed by atoms with Crippen molar-refractivity contribution in [3.05, 3.63) is 21.9 Å². The fourth-order valence-corrected chi connectivity index (χ4v) is 1.80. The predicted molar refractivity (Wildman–Crippen MR) is 46.4 cm³/mol. The summed E-state index contributed by atoms with van der Waals surface area (Å²) < 4.78 is 0. The van der Waals surface area contributed by atoms with E-state index in [0.717, 1.165) is 9.75 Å². The first-order chi connectivity index (χ1) is 5.59. The SMILES string of the molecule is Cc1ccc(CC(O)C(=O)O)s1. The monoisotopic (exact) mass is 186 g/mol.